The highest BCUT2D eigenvalue weighted by Crippen LogP contribution is 2.43. The molecule has 166 valence electrons. The largest absolute Gasteiger partial charge is 0.497 e. The second kappa shape index (κ2) is 9.15. The zero-order chi connectivity index (χ0) is 23.5. The van der Waals surface area contributed by atoms with Crippen LogP contribution in [0.4, 0.5) is 0 Å². The fourth-order valence-corrected chi connectivity index (χ4v) is 3.86. The molecule has 3 aromatic rings. The SMILES string of the molecule is COc1ccc([C@H]2C(C#N)=C(N)Oc3cc(OC(=O)c4ccc(OC)c(Cl)c4)ccc32)cc1. The maximum absolute atomic E-state index is 12.6. The Hall–Kier alpha value is -4.15. The second-order valence-electron chi connectivity index (χ2n) is 7.14. The Kier molecular flexibility index (Phi) is 6.11. The molecule has 0 amide bonds. The number of nitrogens with zero attached hydrogens (tertiary/aromatic N) is 1. The Bertz CT molecular complexity index is 1300. The van der Waals surface area contributed by atoms with Gasteiger partial charge in [-0.1, -0.05) is 29.8 Å². The number of rotatable bonds is 5. The van der Waals surface area contributed by atoms with Gasteiger partial charge in [0, 0.05) is 11.6 Å². The number of esters is 1. The molecule has 0 saturated carbocycles. The van der Waals surface area contributed by atoms with Crippen LogP contribution in [0.3, 0.4) is 0 Å². The molecule has 0 aromatic heterocycles. The summed E-state index contributed by atoms with van der Waals surface area (Å²) in [6, 6.07) is 19.1. The minimum Gasteiger partial charge on any atom is -0.497 e. The number of nitriles is 1. The molecule has 0 spiro atoms. The first-order valence-electron chi connectivity index (χ1n) is 9.86. The molecular formula is C25H19ClN2O5. The number of nitrogens with two attached hydrogens (primary N) is 1. The van der Waals surface area contributed by atoms with E-state index < -0.39 is 11.9 Å². The lowest BCUT2D eigenvalue weighted by Gasteiger charge is -2.26. The van der Waals surface area contributed by atoms with Crippen molar-refractivity contribution in [1.82, 2.24) is 0 Å². The van der Waals surface area contributed by atoms with Crippen molar-refractivity contribution in [2.45, 2.75) is 5.92 Å². The molecule has 2 N–H and O–H groups in total. The van der Waals surface area contributed by atoms with Crippen LogP contribution < -0.4 is 24.7 Å². The molecule has 1 aliphatic heterocycles. The third-order valence-corrected chi connectivity index (χ3v) is 5.53. The van der Waals surface area contributed by atoms with Gasteiger partial charge in [0.2, 0.25) is 5.88 Å². The van der Waals surface area contributed by atoms with Gasteiger partial charge in [0.1, 0.15) is 34.6 Å². The number of halogens is 1. The Morgan fingerprint density at radius 3 is 2.39 bits per heavy atom. The zero-order valence-electron chi connectivity index (χ0n) is 17.8. The molecule has 0 fully saturated rings. The lowest BCUT2D eigenvalue weighted by Crippen LogP contribution is -2.21. The number of methoxy groups -OCH3 is 2. The van der Waals surface area contributed by atoms with Crippen molar-refractivity contribution in [1.29, 1.82) is 5.26 Å². The molecule has 0 radical (unpaired) electrons. The number of hydrogen-bond acceptors (Lipinski definition) is 7. The van der Waals surface area contributed by atoms with E-state index in [-0.39, 0.29) is 17.2 Å². The van der Waals surface area contributed by atoms with Gasteiger partial charge in [-0.2, -0.15) is 5.26 Å². The van der Waals surface area contributed by atoms with Crippen LogP contribution in [0.15, 0.2) is 72.1 Å². The van der Waals surface area contributed by atoms with E-state index in [4.69, 9.17) is 36.3 Å². The van der Waals surface area contributed by atoms with Gasteiger partial charge in [-0.05, 0) is 42.0 Å². The lowest BCUT2D eigenvalue weighted by atomic mass is 9.83. The molecule has 0 unspecified atom stereocenters. The fraction of sp³-hybridized carbons (Fsp3) is 0.120. The first kappa shape index (κ1) is 22.1. The molecule has 0 saturated heterocycles. The molecule has 0 bridgehead atoms. The number of hydrogen-bond donors (Lipinski definition) is 1. The van der Waals surface area contributed by atoms with Gasteiger partial charge >= 0.3 is 5.97 Å². The summed E-state index contributed by atoms with van der Waals surface area (Å²) in [7, 11) is 3.07. The van der Waals surface area contributed by atoms with E-state index in [1.807, 2.05) is 24.3 Å². The molecule has 1 atom stereocenters. The topological polar surface area (TPSA) is 104 Å². The van der Waals surface area contributed by atoms with E-state index in [1.54, 1.807) is 37.4 Å². The van der Waals surface area contributed by atoms with Crippen LogP contribution in [0.2, 0.25) is 5.02 Å². The van der Waals surface area contributed by atoms with E-state index in [0.29, 0.717) is 27.8 Å². The Morgan fingerprint density at radius 1 is 1.03 bits per heavy atom. The highest BCUT2D eigenvalue weighted by molar-refractivity contribution is 6.32. The first-order valence-corrected chi connectivity index (χ1v) is 10.2. The van der Waals surface area contributed by atoms with Gasteiger partial charge in [-0.3, -0.25) is 0 Å². The predicted octanol–water partition coefficient (Wildman–Crippen LogP) is 4.79. The lowest BCUT2D eigenvalue weighted by molar-refractivity contribution is 0.0734. The summed E-state index contributed by atoms with van der Waals surface area (Å²) in [6.07, 6.45) is 0. The van der Waals surface area contributed by atoms with Crippen molar-refractivity contribution in [2.75, 3.05) is 14.2 Å². The predicted molar refractivity (Wildman–Crippen MR) is 122 cm³/mol. The van der Waals surface area contributed by atoms with Gasteiger partial charge in [-0.25, -0.2) is 4.79 Å². The smallest absolute Gasteiger partial charge is 0.343 e. The van der Waals surface area contributed by atoms with Crippen molar-refractivity contribution in [2.24, 2.45) is 5.73 Å². The summed E-state index contributed by atoms with van der Waals surface area (Å²) in [5, 5.41) is 9.99. The average molecular weight is 463 g/mol. The molecule has 8 heteroatoms. The number of carbonyl (C=O) groups excluding carboxylic acids is 1. The highest BCUT2D eigenvalue weighted by Gasteiger charge is 2.31. The van der Waals surface area contributed by atoms with Gasteiger partial charge in [0.25, 0.3) is 0 Å². The molecule has 3 aromatic carbocycles. The van der Waals surface area contributed by atoms with Crippen molar-refractivity contribution < 1.29 is 23.7 Å². The highest BCUT2D eigenvalue weighted by atomic mass is 35.5. The maximum atomic E-state index is 12.6. The Morgan fingerprint density at radius 2 is 1.76 bits per heavy atom. The number of fused-ring (bicyclic) bond motifs is 1. The number of ether oxygens (including phenoxy) is 4. The van der Waals surface area contributed by atoms with Crippen LogP contribution in [0, 0.1) is 11.3 Å². The normalized spacial score (nSPS) is 14.5. The number of benzene rings is 3. The second-order valence-corrected chi connectivity index (χ2v) is 7.54. The Labute approximate surface area is 195 Å². The van der Waals surface area contributed by atoms with Crippen molar-refractivity contribution in [3.05, 3.63) is 93.8 Å². The minimum atomic E-state index is -0.594. The van der Waals surface area contributed by atoms with Crippen LogP contribution in [-0.4, -0.2) is 20.2 Å². The van der Waals surface area contributed by atoms with E-state index in [0.717, 1.165) is 11.1 Å². The van der Waals surface area contributed by atoms with Gasteiger partial charge in [0.15, 0.2) is 0 Å². The van der Waals surface area contributed by atoms with Crippen LogP contribution in [0.25, 0.3) is 0 Å². The van der Waals surface area contributed by atoms with E-state index in [2.05, 4.69) is 6.07 Å². The molecule has 1 aliphatic rings. The summed E-state index contributed by atoms with van der Waals surface area (Å²) in [5.74, 6) is 0.768. The van der Waals surface area contributed by atoms with Crippen LogP contribution >= 0.6 is 11.6 Å². The average Bonchev–Trinajstić information content (AvgIpc) is 2.83. The monoisotopic (exact) mass is 462 g/mol. The summed E-state index contributed by atoms with van der Waals surface area (Å²) in [6.45, 7) is 0. The van der Waals surface area contributed by atoms with Crippen molar-refractivity contribution in [3.63, 3.8) is 0 Å². The van der Waals surface area contributed by atoms with Crippen LogP contribution in [0.5, 0.6) is 23.0 Å². The quantitative estimate of drug-likeness (QED) is 0.429. The van der Waals surface area contributed by atoms with Crippen molar-refractivity contribution in [3.8, 4) is 29.1 Å². The molecule has 7 nitrogen and oxygen atoms in total. The molecule has 1 heterocycles. The third-order valence-electron chi connectivity index (χ3n) is 5.24. The summed E-state index contributed by atoms with van der Waals surface area (Å²) < 4.78 is 21.5. The first-order chi connectivity index (χ1) is 15.9. The van der Waals surface area contributed by atoms with Gasteiger partial charge < -0.3 is 24.7 Å². The maximum Gasteiger partial charge on any atom is 0.343 e. The molecule has 33 heavy (non-hydrogen) atoms. The van der Waals surface area contributed by atoms with E-state index in [9.17, 15) is 10.1 Å². The van der Waals surface area contributed by atoms with Gasteiger partial charge in [-0.15, -0.1) is 0 Å². The summed E-state index contributed by atoms with van der Waals surface area (Å²) in [5.41, 5.74) is 8.18. The van der Waals surface area contributed by atoms with E-state index in [1.165, 1.54) is 13.2 Å². The third kappa shape index (κ3) is 4.29. The van der Waals surface area contributed by atoms with Crippen LogP contribution in [0.1, 0.15) is 27.4 Å². The van der Waals surface area contributed by atoms with E-state index >= 15 is 0 Å². The molecular weight excluding hydrogens is 444 g/mol. The standard InChI is InChI=1S/C25H19ClN2O5/c1-30-16-6-3-14(4-7-16)23-18-9-8-17(12-22(18)33-24(28)19(23)13-27)32-25(29)15-5-10-21(31-2)20(26)11-15/h3-12,23H,28H2,1-2H3/t23-/m1/s1. The van der Waals surface area contributed by atoms with Gasteiger partial charge in [0.05, 0.1) is 30.7 Å². The molecule has 4 rings (SSSR count). The number of carbonyl (C=O) groups is 1. The summed E-state index contributed by atoms with van der Waals surface area (Å²) >= 11 is 6.10. The zero-order valence-corrected chi connectivity index (χ0v) is 18.6. The fourth-order valence-electron chi connectivity index (χ4n) is 3.60. The molecule has 0 aliphatic carbocycles. The Balaban J connectivity index is 1.65. The van der Waals surface area contributed by atoms with Crippen LogP contribution in [-0.2, 0) is 0 Å². The minimum absolute atomic E-state index is 0.00349. The van der Waals surface area contributed by atoms with Crippen molar-refractivity contribution >= 4 is 17.6 Å². The number of allylic oxidation sites excluding steroid dienone is 1. The summed E-state index contributed by atoms with van der Waals surface area (Å²) in [4.78, 5) is 12.6.